The molecule has 7 heteroatoms. The normalized spacial score (nSPS) is 10.0. The second-order valence-corrected chi connectivity index (χ2v) is 3.54. The van der Waals surface area contributed by atoms with Crippen LogP contribution in [0.5, 0.6) is 0 Å². The predicted molar refractivity (Wildman–Crippen MR) is 64.0 cm³/mol. The third kappa shape index (κ3) is 2.91. The molecule has 0 saturated carbocycles. The fraction of sp³-hybridized carbons (Fsp3) is 0.0909. The van der Waals surface area contributed by atoms with Crippen LogP contribution in [0.1, 0.15) is 0 Å². The molecule has 1 aromatic heterocycles. The van der Waals surface area contributed by atoms with Crippen molar-refractivity contribution in [3.8, 4) is 0 Å². The van der Waals surface area contributed by atoms with Crippen molar-refractivity contribution in [1.29, 1.82) is 0 Å². The highest BCUT2D eigenvalue weighted by Gasteiger charge is 2.13. The number of hydrogen-bond donors (Lipinski definition) is 1. The zero-order valence-electron chi connectivity index (χ0n) is 9.31. The number of amides is 1. The van der Waals surface area contributed by atoms with Crippen LogP contribution in [-0.4, -0.2) is 20.6 Å². The van der Waals surface area contributed by atoms with Gasteiger partial charge < -0.3 is 15.4 Å². The second kappa shape index (κ2) is 5.09. The summed E-state index contributed by atoms with van der Waals surface area (Å²) in [5, 5.41) is 16.7. The van der Waals surface area contributed by atoms with Crippen LogP contribution in [0, 0.1) is 10.1 Å². The van der Waals surface area contributed by atoms with E-state index in [0.717, 1.165) is 0 Å². The van der Waals surface area contributed by atoms with Gasteiger partial charge in [0.1, 0.15) is 6.54 Å². The van der Waals surface area contributed by atoms with E-state index < -0.39 is 4.92 Å². The molecule has 0 aliphatic carbocycles. The Balaban J connectivity index is 1.97. The van der Waals surface area contributed by atoms with Gasteiger partial charge in [0.25, 0.3) is 0 Å². The lowest BCUT2D eigenvalue weighted by atomic mass is 10.3. The number of rotatable bonds is 4. The molecule has 2 rings (SSSR count). The van der Waals surface area contributed by atoms with Gasteiger partial charge in [-0.3, -0.25) is 4.79 Å². The molecule has 18 heavy (non-hydrogen) atoms. The van der Waals surface area contributed by atoms with Gasteiger partial charge in [0, 0.05) is 5.69 Å². The van der Waals surface area contributed by atoms with Gasteiger partial charge in [-0.2, -0.15) is 4.68 Å². The van der Waals surface area contributed by atoms with Crippen molar-refractivity contribution in [2.24, 2.45) is 0 Å². The third-order valence-electron chi connectivity index (χ3n) is 2.18. The molecule has 0 radical (unpaired) electrons. The van der Waals surface area contributed by atoms with Crippen molar-refractivity contribution in [1.82, 2.24) is 9.78 Å². The van der Waals surface area contributed by atoms with E-state index in [1.165, 1.54) is 16.9 Å². The fourth-order valence-electron chi connectivity index (χ4n) is 1.41. The van der Waals surface area contributed by atoms with E-state index in [2.05, 4.69) is 10.4 Å². The summed E-state index contributed by atoms with van der Waals surface area (Å²) < 4.78 is 1.22. The Morgan fingerprint density at radius 3 is 2.67 bits per heavy atom. The van der Waals surface area contributed by atoms with Crippen LogP contribution in [0.25, 0.3) is 0 Å². The topological polar surface area (TPSA) is 90.1 Å². The lowest BCUT2D eigenvalue weighted by Crippen LogP contribution is -2.19. The van der Waals surface area contributed by atoms with Gasteiger partial charge in [0.15, 0.2) is 0 Å². The van der Waals surface area contributed by atoms with Crippen molar-refractivity contribution in [3.05, 3.63) is 52.7 Å². The molecule has 1 amide bonds. The SMILES string of the molecule is O=C(Cn1ccc([N+](=O)[O-])n1)Nc1ccccc1. The van der Waals surface area contributed by atoms with Crippen molar-refractivity contribution in [2.45, 2.75) is 6.54 Å². The van der Waals surface area contributed by atoms with E-state index in [0.29, 0.717) is 5.69 Å². The summed E-state index contributed by atoms with van der Waals surface area (Å²) in [5.74, 6) is -0.568. The molecule has 1 heterocycles. The van der Waals surface area contributed by atoms with Crippen LogP contribution in [-0.2, 0) is 11.3 Å². The molecular formula is C11H10N4O3. The van der Waals surface area contributed by atoms with Gasteiger partial charge >= 0.3 is 5.82 Å². The van der Waals surface area contributed by atoms with Crippen LogP contribution < -0.4 is 5.32 Å². The number of nitrogens with zero attached hydrogens (tertiary/aromatic N) is 3. The van der Waals surface area contributed by atoms with Crippen LogP contribution in [0.15, 0.2) is 42.6 Å². The Hall–Kier alpha value is -2.70. The van der Waals surface area contributed by atoms with Gasteiger partial charge in [-0.1, -0.05) is 18.2 Å². The van der Waals surface area contributed by atoms with E-state index >= 15 is 0 Å². The molecule has 0 spiro atoms. The summed E-state index contributed by atoms with van der Waals surface area (Å²) in [5.41, 5.74) is 0.671. The lowest BCUT2D eigenvalue weighted by Gasteiger charge is -2.02. The number of nitro groups is 1. The van der Waals surface area contributed by atoms with Crippen LogP contribution in [0.4, 0.5) is 11.5 Å². The number of nitrogens with one attached hydrogen (secondary N) is 1. The first-order chi connectivity index (χ1) is 8.65. The molecule has 7 nitrogen and oxygen atoms in total. The molecule has 0 atom stereocenters. The number of carbonyl (C=O) groups excluding carboxylic acids is 1. The van der Waals surface area contributed by atoms with Gasteiger partial charge in [0.05, 0.1) is 17.4 Å². The Morgan fingerprint density at radius 2 is 2.06 bits per heavy atom. The molecule has 1 N–H and O–H groups in total. The Morgan fingerprint density at radius 1 is 1.33 bits per heavy atom. The number of para-hydroxylation sites is 1. The molecule has 0 bridgehead atoms. The smallest absolute Gasteiger partial charge is 0.358 e. The zero-order valence-corrected chi connectivity index (χ0v) is 9.31. The Labute approximate surface area is 102 Å². The fourth-order valence-corrected chi connectivity index (χ4v) is 1.41. The minimum atomic E-state index is -0.606. The summed E-state index contributed by atoms with van der Waals surface area (Å²) in [7, 11) is 0. The van der Waals surface area contributed by atoms with Crippen LogP contribution >= 0.6 is 0 Å². The summed E-state index contributed by atoms with van der Waals surface area (Å²) in [6, 6.07) is 10.2. The molecule has 1 aromatic carbocycles. The maximum Gasteiger partial charge on any atom is 0.389 e. The highest BCUT2D eigenvalue weighted by molar-refractivity contribution is 5.90. The van der Waals surface area contributed by atoms with E-state index in [1.54, 1.807) is 24.3 Å². The molecule has 0 aliphatic rings. The minimum Gasteiger partial charge on any atom is -0.358 e. The monoisotopic (exact) mass is 246 g/mol. The van der Waals surface area contributed by atoms with E-state index in [-0.39, 0.29) is 18.3 Å². The average molecular weight is 246 g/mol. The second-order valence-electron chi connectivity index (χ2n) is 3.54. The summed E-state index contributed by atoms with van der Waals surface area (Å²) >= 11 is 0. The summed E-state index contributed by atoms with van der Waals surface area (Å²) in [6.07, 6.45) is 1.39. The Kier molecular flexibility index (Phi) is 3.33. The van der Waals surface area contributed by atoms with Crippen molar-refractivity contribution < 1.29 is 9.72 Å². The van der Waals surface area contributed by atoms with E-state index in [4.69, 9.17) is 0 Å². The predicted octanol–water partition coefficient (Wildman–Crippen LogP) is 1.43. The lowest BCUT2D eigenvalue weighted by molar-refractivity contribution is -0.389. The first-order valence-electron chi connectivity index (χ1n) is 5.18. The molecular weight excluding hydrogens is 236 g/mol. The van der Waals surface area contributed by atoms with Gasteiger partial charge in [-0.25, -0.2) is 0 Å². The molecule has 0 saturated heterocycles. The minimum absolute atomic E-state index is 0.0667. The third-order valence-corrected chi connectivity index (χ3v) is 2.18. The molecule has 92 valence electrons. The maximum atomic E-state index is 11.6. The number of carbonyl (C=O) groups is 1. The molecule has 0 fully saturated rings. The van der Waals surface area contributed by atoms with Crippen molar-refractivity contribution in [3.63, 3.8) is 0 Å². The Bertz CT molecular complexity index is 565. The van der Waals surface area contributed by atoms with Gasteiger partial charge in [0.2, 0.25) is 5.91 Å². The molecule has 0 unspecified atom stereocenters. The molecule has 0 aliphatic heterocycles. The zero-order chi connectivity index (χ0) is 13.0. The number of hydrogen-bond acceptors (Lipinski definition) is 4. The first kappa shape index (κ1) is 11.8. The van der Waals surface area contributed by atoms with Gasteiger partial charge in [-0.15, -0.1) is 0 Å². The number of aromatic nitrogens is 2. The largest absolute Gasteiger partial charge is 0.389 e. The standard InChI is InChI=1S/C11H10N4O3/c16-11(12-9-4-2-1-3-5-9)8-14-7-6-10(13-14)15(17)18/h1-7H,8H2,(H,12,16). The highest BCUT2D eigenvalue weighted by Crippen LogP contribution is 2.07. The van der Waals surface area contributed by atoms with Crippen molar-refractivity contribution >= 4 is 17.4 Å². The quantitative estimate of drug-likeness (QED) is 0.652. The summed E-state index contributed by atoms with van der Waals surface area (Å²) in [4.78, 5) is 21.4. The highest BCUT2D eigenvalue weighted by atomic mass is 16.6. The number of benzene rings is 1. The van der Waals surface area contributed by atoms with E-state index in [9.17, 15) is 14.9 Å². The van der Waals surface area contributed by atoms with Gasteiger partial charge in [-0.05, 0) is 17.1 Å². The first-order valence-corrected chi connectivity index (χ1v) is 5.18. The number of anilines is 1. The average Bonchev–Trinajstić information content (AvgIpc) is 2.78. The summed E-state index contributed by atoms with van der Waals surface area (Å²) in [6.45, 7) is -0.0667. The van der Waals surface area contributed by atoms with Crippen LogP contribution in [0.3, 0.4) is 0 Å². The molecule has 2 aromatic rings. The van der Waals surface area contributed by atoms with E-state index in [1.807, 2.05) is 6.07 Å². The van der Waals surface area contributed by atoms with Crippen molar-refractivity contribution in [2.75, 3.05) is 5.32 Å². The van der Waals surface area contributed by atoms with Crippen LogP contribution in [0.2, 0.25) is 0 Å². The maximum absolute atomic E-state index is 11.6.